The zero-order valence-corrected chi connectivity index (χ0v) is 21.5. The van der Waals surface area contributed by atoms with E-state index in [1.807, 2.05) is 32.9 Å². The lowest BCUT2D eigenvalue weighted by Crippen LogP contribution is -2.53. The molecule has 0 bridgehead atoms. The maximum atomic E-state index is 13.5. The van der Waals surface area contributed by atoms with E-state index in [1.165, 1.54) is 17.7 Å². The Morgan fingerprint density at radius 2 is 1.78 bits per heavy atom. The van der Waals surface area contributed by atoms with Crippen molar-refractivity contribution in [1.29, 1.82) is 0 Å². The number of anilines is 1. The zero-order chi connectivity index (χ0) is 25.6. The molecule has 1 aromatic carbocycles. The van der Waals surface area contributed by atoms with Gasteiger partial charge in [-0.25, -0.2) is 0 Å². The van der Waals surface area contributed by atoms with Crippen LogP contribution in [0.5, 0.6) is 0 Å². The van der Waals surface area contributed by atoms with Gasteiger partial charge in [-0.3, -0.25) is 19.3 Å². The predicted molar refractivity (Wildman–Crippen MR) is 135 cm³/mol. The number of fused-ring (bicyclic) bond motifs is 1. The quantitative estimate of drug-likeness (QED) is 0.604. The lowest BCUT2D eigenvalue weighted by molar-refractivity contribution is -0.138. The number of carbonyl (C=O) groups excluding carboxylic acids is 3. The molecular weight excluding hydrogens is 460 g/mol. The van der Waals surface area contributed by atoms with Crippen LogP contribution in [0.1, 0.15) is 50.4 Å². The second kappa shape index (κ2) is 9.76. The van der Waals surface area contributed by atoms with Gasteiger partial charge in [-0.15, -0.1) is 0 Å². The van der Waals surface area contributed by atoms with Crippen LogP contribution in [0.25, 0.3) is 0 Å². The first kappa shape index (κ1) is 25.2. The van der Waals surface area contributed by atoms with Gasteiger partial charge < -0.3 is 25.0 Å². The summed E-state index contributed by atoms with van der Waals surface area (Å²) in [6, 6.07) is 6.74. The van der Waals surface area contributed by atoms with Crippen LogP contribution in [0.2, 0.25) is 0 Å². The van der Waals surface area contributed by atoms with Gasteiger partial charge in [0.05, 0.1) is 6.54 Å². The van der Waals surface area contributed by atoms with Crippen LogP contribution < -0.4 is 10.2 Å². The van der Waals surface area contributed by atoms with Gasteiger partial charge in [0.1, 0.15) is 30.9 Å². The minimum Gasteiger partial charge on any atom is -0.388 e. The number of nitrogens with zero attached hydrogens (tertiary/aromatic N) is 3. The minimum atomic E-state index is -0.907. The Hall–Kier alpha value is -2.49. The molecule has 9 nitrogen and oxygen atoms in total. The first-order valence-electron chi connectivity index (χ1n) is 13.1. The molecule has 1 unspecified atom stereocenters. The molecule has 4 aliphatic rings. The van der Waals surface area contributed by atoms with Crippen LogP contribution in [-0.2, 0) is 14.3 Å². The molecule has 1 saturated carbocycles. The van der Waals surface area contributed by atoms with Crippen molar-refractivity contribution in [2.24, 2.45) is 5.41 Å². The van der Waals surface area contributed by atoms with E-state index in [0.717, 1.165) is 37.9 Å². The molecular formula is C27H38N4O5. The largest absolute Gasteiger partial charge is 0.388 e. The van der Waals surface area contributed by atoms with Crippen LogP contribution in [0.4, 0.5) is 5.69 Å². The Kier molecular flexibility index (Phi) is 6.82. The second-order valence-corrected chi connectivity index (χ2v) is 11.8. The van der Waals surface area contributed by atoms with E-state index in [-0.39, 0.29) is 36.2 Å². The third-order valence-electron chi connectivity index (χ3n) is 7.73. The zero-order valence-electron chi connectivity index (χ0n) is 21.5. The molecule has 3 heterocycles. The summed E-state index contributed by atoms with van der Waals surface area (Å²) in [6.45, 7) is 10.0. The average molecular weight is 499 g/mol. The fourth-order valence-corrected chi connectivity index (χ4v) is 5.72. The Bertz CT molecular complexity index is 994. The lowest BCUT2D eigenvalue weighted by Gasteiger charge is -2.36. The minimum absolute atomic E-state index is 0.0269. The fraction of sp³-hybridized carbons (Fsp3) is 0.667. The van der Waals surface area contributed by atoms with Crippen LogP contribution in [0, 0.1) is 5.41 Å². The first-order valence-corrected chi connectivity index (χ1v) is 13.1. The maximum Gasteiger partial charge on any atom is 0.251 e. The molecule has 9 heteroatoms. The summed E-state index contributed by atoms with van der Waals surface area (Å²) in [7, 11) is 0. The van der Waals surface area contributed by atoms with Gasteiger partial charge in [-0.2, -0.15) is 0 Å². The number of rotatable bonds is 6. The lowest BCUT2D eigenvalue weighted by atomic mass is 9.87. The van der Waals surface area contributed by atoms with Crippen LogP contribution in [0.3, 0.4) is 0 Å². The molecule has 5 rings (SSSR count). The molecule has 0 aromatic heterocycles. The SMILES string of the molecule is CC(C)(C)CC(NC(=O)c1ccc(N2CCN(C3CC3)CC2)cc1)C(=O)N1C[C@@H](O)[C@H]2OCC(=O)[C@H]21. The Morgan fingerprint density at radius 3 is 2.39 bits per heavy atom. The first-order chi connectivity index (χ1) is 17.1. The highest BCUT2D eigenvalue weighted by Crippen LogP contribution is 2.31. The van der Waals surface area contributed by atoms with Gasteiger partial charge in [0, 0.05) is 43.5 Å². The summed E-state index contributed by atoms with van der Waals surface area (Å²) in [4.78, 5) is 45.4. The van der Waals surface area contributed by atoms with E-state index < -0.39 is 24.3 Å². The molecule has 36 heavy (non-hydrogen) atoms. The number of β-amino-alcohol motifs (C(OH)–C–C–N with tert-alkyl or cyclic N) is 1. The number of Topliss-reactive ketones (excluding diaryl/α,β-unsaturated/α-hetero) is 1. The smallest absolute Gasteiger partial charge is 0.251 e. The van der Waals surface area contributed by atoms with E-state index in [2.05, 4.69) is 15.1 Å². The summed E-state index contributed by atoms with van der Waals surface area (Å²) >= 11 is 0. The van der Waals surface area contributed by atoms with Gasteiger partial charge in [-0.1, -0.05) is 20.8 Å². The van der Waals surface area contributed by atoms with Crippen molar-refractivity contribution in [3.05, 3.63) is 29.8 Å². The number of hydrogen-bond donors (Lipinski definition) is 2. The molecule has 1 aliphatic carbocycles. The summed E-state index contributed by atoms with van der Waals surface area (Å²) in [5.74, 6) is -0.888. The number of nitrogens with one attached hydrogen (secondary N) is 1. The molecule has 4 atom stereocenters. The molecule has 3 saturated heterocycles. The summed E-state index contributed by atoms with van der Waals surface area (Å²) < 4.78 is 5.41. The molecule has 0 radical (unpaired) electrons. The van der Waals surface area contributed by atoms with Gasteiger partial charge in [0.25, 0.3) is 5.91 Å². The number of aliphatic hydroxyl groups excluding tert-OH is 1. The third-order valence-corrected chi connectivity index (χ3v) is 7.73. The van der Waals surface area contributed by atoms with Crippen molar-refractivity contribution in [3.8, 4) is 0 Å². The number of ketones is 1. The Morgan fingerprint density at radius 1 is 1.11 bits per heavy atom. The van der Waals surface area contributed by atoms with E-state index in [4.69, 9.17) is 4.74 Å². The topological polar surface area (TPSA) is 102 Å². The van der Waals surface area contributed by atoms with E-state index in [9.17, 15) is 19.5 Å². The molecule has 1 aromatic rings. The van der Waals surface area contributed by atoms with Crippen LogP contribution in [-0.4, -0.2) is 102 Å². The van der Waals surface area contributed by atoms with Gasteiger partial charge in [0.15, 0.2) is 5.78 Å². The summed E-state index contributed by atoms with van der Waals surface area (Å²) in [5.41, 5.74) is 1.34. The maximum absolute atomic E-state index is 13.5. The molecule has 196 valence electrons. The average Bonchev–Trinajstić information content (AvgIpc) is 3.55. The van der Waals surface area contributed by atoms with E-state index >= 15 is 0 Å². The van der Waals surface area contributed by atoms with E-state index in [0.29, 0.717) is 12.0 Å². The van der Waals surface area contributed by atoms with Crippen LogP contribution in [0.15, 0.2) is 24.3 Å². The number of likely N-dealkylation sites (tertiary alicyclic amines) is 1. The van der Waals surface area contributed by atoms with Gasteiger partial charge in [0.2, 0.25) is 5.91 Å². The van der Waals surface area contributed by atoms with Gasteiger partial charge in [-0.05, 0) is 48.9 Å². The van der Waals surface area contributed by atoms with Crippen molar-refractivity contribution in [1.82, 2.24) is 15.1 Å². The monoisotopic (exact) mass is 498 g/mol. The molecule has 4 fully saturated rings. The molecule has 0 spiro atoms. The van der Waals surface area contributed by atoms with Crippen molar-refractivity contribution in [3.63, 3.8) is 0 Å². The number of aliphatic hydroxyl groups is 1. The summed E-state index contributed by atoms with van der Waals surface area (Å²) in [6.07, 6.45) is 1.46. The number of piperazine rings is 1. The highest BCUT2D eigenvalue weighted by molar-refractivity contribution is 5.99. The molecule has 2 amide bonds. The fourth-order valence-electron chi connectivity index (χ4n) is 5.72. The highest BCUT2D eigenvalue weighted by atomic mass is 16.5. The highest BCUT2D eigenvalue weighted by Gasteiger charge is 2.53. The van der Waals surface area contributed by atoms with Crippen LogP contribution >= 0.6 is 0 Å². The van der Waals surface area contributed by atoms with Crippen molar-refractivity contribution in [2.45, 2.75) is 70.4 Å². The normalized spacial score (nSPS) is 27.8. The van der Waals surface area contributed by atoms with Gasteiger partial charge >= 0.3 is 0 Å². The number of hydrogen-bond acceptors (Lipinski definition) is 7. The molecule has 2 N–H and O–H groups in total. The number of carbonyl (C=O) groups is 3. The van der Waals surface area contributed by atoms with Crippen molar-refractivity contribution < 1.29 is 24.2 Å². The van der Waals surface area contributed by atoms with Crippen molar-refractivity contribution in [2.75, 3.05) is 44.2 Å². The second-order valence-electron chi connectivity index (χ2n) is 11.8. The number of amides is 2. The predicted octanol–water partition coefficient (Wildman–Crippen LogP) is 1.05. The summed E-state index contributed by atoms with van der Waals surface area (Å²) in [5, 5.41) is 13.2. The molecule has 3 aliphatic heterocycles. The Balaban J connectivity index is 1.25. The number of ether oxygens (including phenoxy) is 1. The number of benzene rings is 1. The Labute approximate surface area is 212 Å². The van der Waals surface area contributed by atoms with E-state index in [1.54, 1.807) is 12.1 Å². The van der Waals surface area contributed by atoms with Crippen molar-refractivity contribution >= 4 is 23.3 Å². The standard InChI is InChI=1S/C27H38N4O5/c1-27(2,3)14-20(26(35)31-15-21(32)24-23(31)22(33)16-36-24)28-25(34)17-4-6-18(7-5-17)29-10-12-30(13-11-29)19-8-9-19/h4-7,19-21,23-24,32H,8-16H2,1-3H3,(H,28,34)/t20?,21-,23-,24-/m1/s1. The third kappa shape index (κ3) is 5.28.